The second-order valence-corrected chi connectivity index (χ2v) is 4.19. The van der Waals surface area contributed by atoms with Gasteiger partial charge in [-0.1, -0.05) is 12.1 Å². The molecule has 0 bridgehead atoms. The number of hydrogen-bond donors (Lipinski definition) is 0. The van der Waals surface area contributed by atoms with Crippen LogP contribution in [0, 0.1) is 5.82 Å². The third kappa shape index (κ3) is 3.97. The van der Waals surface area contributed by atoms with Gasteiger partial charge < -0.3 is 9.47 Å². The van der Waals surface area contributed by atoms with Crippen LogP contribution in [-0.2, 0) is 10.9 Å². The number of hydrogen-bond acceptors (Lipinski definition) is 3. The zero-order valence-corrected chi connectivity index (χ0v) is 11.4. The van der Waals surface area contributed by atoms with E-state index in [0.29, 0.717) is 5.56 Å². The van der Waals surface area contributed by atoms with E-state index in [1.54, 1.807) is 0 Å². The molecule has 1 heterocycles. The molecule has 0 N–H and O–H groups in total. The molecule has 0 aliphatic carbocycles. The molecule has 0 saturated carbocycles. The Kier molecular flexibility index (Phi) is 4.65. The van der Waals surface area contributed by atoms with E-state index >= 15 is 0 Å². The summed E-state index contributed by atoms with van der Waals surface area (Å²) >= 11 is 0. The van der Waals surface area contributed by atoms with Crippen LogP contribution in [-0.4, -0.2) is 12.1 Å². The van der Waals surface area contributed by atoms with E-state index in [4.69, 9.17) is 9.47 Å². The van der Waals surface area contributed by atoms with Gasteiger partial charge in [0.2, 0.25) is 5.88 Å². The molecule has 0 saturated heterocycles. The first-order chi connectivity index (χ1) is 10.4. The summed E-state index contributed by atoms with van der Waals surface area (Å²) in [7, 11) is 1.45. The van der Waals surface area contributed by atoms with E-state index in [1.807, 2.05) is 0 Å². The molecule has 1 aromatic carbocycles. The second kappa shape index (κ2) is 6.46. The van der Waals surface area contributed by atoms with E-state index in [2.05, 4.69) is 4.98 Å². The van der Waals surface area contributed by atoms with Crippen molar-refractivity contribution < 1.29 is 27.0 Å². The van der Waals surface area contributed by atoms with Gasteiger partial charge in [-0.15, -0.1) is 0 Å². The van der Waals surface area contributed by atoms with Gasteiger partial charge in [-0.3, -0.25) is 0 Å². The zero-order chi connectivity index (χ0) is 16.2. The lowest BCUT2D eigenvalue weighted by atomic mass is 10.2. The predicted molar refractivity (Wildman–Crippen MR) is 71.8 cm³/mol. The lowest BCUT2D eigenvalue weighted by Gasteiger charge is -2.09. The molecule has 1 aromatic heterocycles. The Morgan fingerprint density at radius 1 is 1.14 bits per heavy atom. The number of alkyl halides is 3. The van der Waals surface area contributed by atoms with E-state index in [9.17, 15) is 17.6 Å². The van der Waals surface area contributed by atoms with Crippen molar-refractivity contribution in [1.29, 1.82) is 0 Å². The molecule has 0 atom stereocenters. The normalized spacial score (nSPS) is 11.7. The Morgan fingerprint density at radius 2 is 1.91 bits per heavy atom. The standard InChI is InChI=1S/C15H11F4NO2/c1-21-8-7-10-5-6-12(11(16)9-10)22-14-4-2-3-13(20-14)15(17,18)19/h2-9H,1H3/b8-7+. The van der Waals surface area contributed by atoms with E-state index < -0.39 is 17.7 Å². The summed E-state index contributed by atoms with van der Waals surface area (Å²) in [6.45, 7) is 0. The minimum absolute atomic E-state index is 0.221. The Morgan fingerprint density at radius 3 is 2.55 bits per heavy atom. The molecular formula is C15H11F4NO2. The third-order valence-electron chi connectivity index (χ3n) is 2.58. The summed E-state index contributed by atoms with van der Waals surface area (Å²) in [5.74, 6) is -1.28. The van der Waals surface area contributed by atoms with Gasteiger partial charge in [-0.05, 0) is 29.8 Å². The lowest BCUT2D eigenvalue weighted by Crippen LogP contribution is -2.08. The maximum absolute atomic E-state index is 13.8. The topological polar surface area (TPSA) is 31.4 Å². The fourth-order valence-corrected chi connectivity index (χ4v) is 1.59. The van der Waals surface area contributed by atoms with Crippen LogP contribution >= 0.6 is 0 Å². The molecule has 0 amide bonds. The van der Waals surface area contributed by atoms with E-state index in [0.717, 1.165) is 12.1 Å². The van der Waals surface area contributed by atoms with Crippen molar-refractivity contribution in [2.24, 2.45) is 0 Å². The van der Waals surface area contributed by atoms with Gasteiger partial charge in [0.15, 0.2) is 11.6 Å². The maximum Gasteiger partial charge on any atom is 0.433 e. The van der Waals surface area contributed by atoms with Gasteiger partial charge in [0, 0.05) is 6.07 Å². The summed E-state index contributed by atoms with van der Waals surface area (Å²) in [5.41, 5.74) is -0.589. The van der Waals surface area contributed by atoms with Crippen LogP contribution in [0.2, 0.25) is 0 Å². The van der Waals surface area contributed by atoms with Crippen LogP contribution in [0.5, 0.6) is 11.6 Å². The average molecular weight is 313 g/mol. The fourth-order valence-electron chi connectivity index (χ4n) is 1.59. The highest BCUT2D eigenvalue weighted by molar-refractivity contribution is 5.50. The summed E-state index contributed by atoms with van der Waals surface area (Å²) in [6, 6.07) is 7.15. The zero-order valence-electron chi connectivity index (χ0n) is 11.4. The van der Waals surface area contributed by atoms with Crippen LogP contribution < -0.4 is 4.74 Å². The van der Waals surface area contributed by atoms with Crippen LogP contribution in [0.4, 0.5) is 17.6 Å². The Hall–Kier alpha value is -2.57. The number of aromatic nitrogens is 1. The van der Waals surface area contributed by atoms with Gasteiger partial charge in [-0.25, -0.2) is 9.37 Å². The number of methoxy groups -OCH3 is 1. The average Bonchev–Trinajstić information content (AvgIpc) is 2.47. The number of pyridine rings is 1. The van der Waals surface area contributed by atoms with Crippen molar-refractivity contribution in [3.05, 3.63) is 59.7 Å². The fraction of sp³-hybridized carbons (Fsp3) is 0.133. The smallest absolute Gasteiger partial charge is 0.433 e. The molecule has 0 radical (unpaired) electrons. The molecule has 3 nitrogen and oxygen atoms in total. The van der Waals surface area contributed by atoms with Crippen molar-refractivity contribution in [1.82, 2.24) is 4.98 Å². The Bertz CT molecular complexity index is 683. The van der Waals surface area contributed by atoms with Gasteiger partial charge in [-0.2, -0.15) is 13.2 Å². The highest BCUT2D eigenvalue weighted by atomic mass is 19.4. The van der Waals surface area contributed by atoms with Crippen molar-refractivity contribution >= 4 is 6.08 Å². The van der Waals surface area contributed by atoms with E-state index in [-0.39, 0.29) is 11.6 Å². The quantitative estimate of drug-likeness (QED) is 0.608. The van der Waals surface area contributed by atoms with Gasteiger partial charge in [0.05, 0.1) is 13.4 Å². The number of nitrogens with zero attached hydrogens (tertiary/aromatic N) is 1. The monoisotopic (exact) mass is 313 g/mol. The van der Waals surface area contributed by atoms with Crippen LogP contribution in [0.3, 0.4) is 0 Å². The summed E-state index contributed by atoms with van der Waals surface area (Å²) < 4.78 is 61.3. The third-order valence-corrected chi connectivity index (χ3v) is 2.58. The number of benzene rings is 1. The molecule has 0 fully saturated rings. The first-order valence-electron chi connectivity index (χ1n) is 6.11. The van der Waals surface area contributed by atoms with Crippen molar-refractivity contribution in [2.45, 2.75) is 6.18 Å². The van der Waals surface area contributed by atoms with Gasteiger partial charge in [0.1, 0.15) is 5.69 Å². The largest absolute Gasteiger partial charge is 0.504 e. The Labute approximate surface area is 123 Å². The molecule has 22 heavy (non-hydrogen) atoms. The van der Waals surface area contributed by atoms with E-state index in [1.165, 1.54) is 43.7 Å². The summed E-state index contributed by atoms with van der Waals surface area (Å²) in [4.78, 5) is 3.30. The van der Waals surface area contributed by atoms with Crippen LogP contribution in [0.25, 0.3) is 6.08 Å². The molecule has 2 aromatic rings. The Balaban J connectivity index is 2.22. The summed E-state index contributed by atoms with van der Waals surface area (Å²) in [5, 5.41) is 0. The second-order valence-electron chi connectivity index (χ2n) is 4.19. The minimum atomic E-state index is -4.59. The molecule has 116 valence electrons. The number of rotatable bonds is 4. The minimum Gasteiger partial charge on any atom is -0.504 e. The molecule has 0 spiro atoms. The molecule has 7 heteroatoms. The van der Waals surface area contributed by atoms with Crippen molar-refractivity contribution in [3.63, 3.8) is 0 Å². The van der Waals surface area contributed by atoms with Crippen molar-refractivity contribution in [3.8, 4) is 11.6 Å². The molecular weight excluding hydrogens is 302 g/mol. The van der Waals surface area contributed by atoms with Crippen LogP contribution in [0.15, 0.2) is 42.7 Å². The first kappa shape index (κ1) is 15.8. The molecule has 2 rings (SSSR count). The molecule has 0 aliphatic heterocycles. The highest BCUT2D eigenvalue weighted by Gasteiger charge is 2.32. The number of halogens is 4. The first-order valence-corrected chi connectivity index (χ1v) is 6.11. The van der Waals surface area contributed by atoms with Gasteiger partial charge in [0.25, 0.3) is 0 Å². The lowest BCUT2D eigenvalue weighted by molar-refractivity contribution is -0.141. The molecule has 0 aliphatic rings. The molecule has 0 unspecified atom stereocenters. The summed E-state index contributed by atoms with van der Waals surface area (Å²) in [6.07, 6.45) is -1.70. The van der Waals surface area contributed by atoms with Gasteiger partial charge >= 0.3 is 6.18 Å². The highest BCUT2D eigenvalue weighted by Crippen LogP contribution is 2.30. The number of ether oxygens (including phenoxy) is 2. The van der Waals surface area contributed by atoms with Crippen LogP contribution in [0.1, 0.15) is 11.3 Å². The van der Waals surface area contributed by atoms with Crippen molar-refractivity contribution in [2.75, 3.05) is 7.11 Å². The maximum atomic E-state index is 13.8. The SMILES string of the molecule is CO/C=C/c1ccc(Oc2cccc(C(F)(F)F)n2)c(F)c1. The predicted octanol–water partition coefficient (Wildman–Crippen LogP) is 4.65.